The van der Waals surface area contributed by atoms with Gasteiger partial charge in [0.2, 0.25) is 0 Å². The summed E-state index contributed by atoms with van der Waals surface area (Å²) in [6.07, 6.45) is 1.53. The molecule has 0 saturated carbocycles. The van der Waals surface area contributed by atoms with Gasteiger partial charge in [0.05, 0.1) is 33.0 Å². The first-order valence-corrected chi connectivity index (χ1v) is 7.08. The molecule has 0 aromatic heterocycles. The van der Waals surface area contributed by atoms with Crippen molar-refractivity contribution in [1.29, 1.82) is 0 Å². The summed E-state index contributed by atoms with van der Waals surface area (Å²) in [5.74, 6) is -0.0460. The molecule has 0 bridgehead atoms. The van der Waals surface area contributed by atoms with Crippen LogP contribution in [0.25, 0.3) is 0 Å². The van der Waals surface area contributed by atoms with Crippen LogP contribution in [0.15, 0.2) is 4.99 Å². The minimum atomic E-state index is -0.454. The van der Waals surface area contributed by atoms with E-state index in [0.717, 1.165) is 12.8 Å². The van der Waals surface area contributed by atoms with Gasteiger partial charge in [-0.1, -0.05) is 0 Å². The van der Waals surface area contributed by atoms with E-state index >= 15 is 0 Å². The van der Waals surface area contributed by atoms with Gasteiger partial charge in [-0.3, -0.25) is 4.99 Å². The maximum Gasteiger partial charge on any atom is 0.188 e. The van der Waals surface area contributed by atoms with Gasteiger partial charge in [0.25, 0.3) is 0 Å². The monoisotopic (exact) mass is 287 g/mol. The number of hydrogen-bond acceptors (Lipinski definition) is 5. The number of nitrogens with one attached hydrogen (secondary N) is 1. The van der Waals surface area contributed by atoms with Crippen molar-refractivity contribution in [2.45, 2.75) is 37.7 Å². The fraction of sp³-hybridized carbons (Fsp3) is 0.923. The molecule has 7 nitrogen and oxygen atoms in total. The van der Waals surface area contributed by atoms with Crippen LogP contribution < -0.4 is 11.1 Å². The third-order valence-electron chi connectivity index (χ3n) is 3.44. The topological polar surface area (TPSA) is 87.3 Å². The lowest BCUT2D eigenvalue weighted by atomic mass is 10.1. The van der Waals surface area contributed by atoms with Crippen LogP contribution in [0.5, 0.6) is 0 Å². The first kappa shape index (κ1) is 15.5. The number of hydrogen-bond donors (Lipinski definition) is 2. The van der Waals surface area contributed by atoms with E-state index in [2.05, 4.69) is 10.3 Å². The van der Waals surface area contributed by atoms with Gasteiger partial charge < -0.3 is 30.0 Å². The molecule has 0 aromatic carbocycles. The average Bonchev–Trinajstić information content (AvgIpc) is 2.80. The Morgan fingerprint density at radius 1 is 1.50 bits per heavy atom. The molecule has 1 spiro atoms. The highest BCUT2D eigenvalue weighted by Gasteiger charge is 2.42. The minimum Gasteiger partial charge on any atom is -0.383 e. The summed E-state index contributed by atoms with van der Waals surface area (Å²) in [7, 11) is 1.66. The fourth-order valence-corrected chi connectivity index (χ4v) is 2.44. The molecule has 2 saturated heterocycles. The van der Waals surface area contributed by atoms with E-state index in [1.165, 1.54) is 0 Å². The summed E-state index contributed by atoms with van der Waals surface area (Å²) >= 11 is 0. The van der Waals surface area contributed by atoms with Crippen LogP contribution in [0.2, 0.25) is 0 Å². The molecular formula is C13H25N3O4. The Hall–Kier alpha value is -0.890. The minimum absolute atomic E-state index is 0.0359. The molecule has 7 heteroatoms. The van der Waals surface area contributed by atoms with Gasteiger partial charge in [0.1, 0.15) is 6.10 Å². The van der Waals surface area contributed by atoms with Gasteiger partial charge in [-0.2, -0.15) is 0 Å². The highest BCUT2D eigenvalue weighted by atomic mass is 16.7. The van der Waals surface area contributed by atoms with Gasteiger partial charge in [-0.15, -0.1) is 0 Å². The van der Waals surface area contributed by atoms with Crippen LogP contribution in [-0.4, -0.2) is 64.0 Å². The highest BCUT2D eigenvalue weighted by Crippen LogP contribution is 2.33. The third-order valence-corrected chi connectivity index (χ3v) is 3.44. The van der Waals surface area contributed by atoms with E-state index in [4.69, 9.17) is 24.7 Å². The van der Waals surface area contributed by atoms with E-state index in [9.17, 15) is 0 Å². The third kappa shape index (κ3) is 4.31. The van der Waals surface area contributed by atoms with Crippen LogP contribution in [0.4, 0.5) is 0 Å². The van der Waals surface area contributed by atoms with Gasteiger partial charge in [0.15, 0.2) is 11.7 Å². The molecule has 0 amide bonds. The highest BCUT2D eigenvalue weighted by molar-refractivity contribution is 5.78. The molecule has 2 unspecified atom stereocenters. The molecule has 2 heterocycles. The molecule has 2 atom stereocenters. The lowest BCUT2D eigenvalue weighted by molar-refractivity contribution is -0.210. The lowest BCUT2D eigenvalue weighted by Crippen LogP contribution is -2.41. The Labute approximate surface area is 119 Å². The second-order valence-corrected chi connectivity index (χ2v) is 5.30. The van der Waals surface area contributed by atoms with Gasteiger partial charge >= 0.3 is 0 Å². The average molecular weight is 287 g/mol. The molecule has 2 aliphatic rings. The first-order valence-electron chi connectivity index (χ1n) is 7.08. The van der Waals surface area contributed by atoms with Gasteiger partial charge in [-0.05, 0) is 6.92 Å². The van der Waals surface area contributed by atoms with Crippen molar-refractivity contribution < 1.29 is 18.9 Å². The summed E-state index contributed by atoms with van der Waals surface area (Å²) in [5.41, 5.74) is 5.82. The summed E-state index contributed by atoms with van der Waals surface area (Å²) < 4.78 is 22.1. The number of guanidine groups is 1. The Morgan fingerprint density at radius 2 is 2.25 bits per heavy atom. The molecule has 2 aliphatic heterocycles. The van der Waals surface area contributed by atoms with E-state index in [1.54, 1.807) is 7.11 Å². The lowest BCUT2D eigenvalue weighted by Gasteiger charge is -2.31. The predicted octanol–water partition coefficient (Wildman–Crippen LogP) is -0.152. The zero-order chi connectivity index (χ0) is 14.4. The van der Waals surface area contributed by atoms with Gasteiger partial charge in [0, 0.05) is 26.0 Å². The summed E-state index contributed by atoms with van der Waals surface area (Å²) in [6, 6.07) is 0.131. The van der Waals surface area contributed by atoms with Gasteiger partial charge in [-0.25, -0.2) is 0 Å². The Bertz CT molecular complexity index is 332. The van der Waals surface area contributed by atoms with Crippen LogP contribution in [-0.2, 0) is 18.9 Å². The Kier molecular flexibility index (Phi) is 5.59. The maximum atomic E-state index is 5.98. The van der Waals surface area contributed by atoms with Crippen molar-refractivity contribution in [3.8, 4) is 0 Å². The molecular weight excluding hydrogens is 262 g/mol. The number of nitrogens with zero attached hydrogens (tertiary/aromatic N) is 1. The SMILES string of the molecule is COCC(C)NC(N)=NCC1COC2(CCOCC2)O1. The van der Waals surface area contributed by atoms with Crippen LogP contribution >= 0.6 is 0 Å². The van der Waals surface area contributed by atoms with Crippen molar-refractivity contribution in [3.63, 3.8) is 0 Å². The van der Waals surface area contributed by atoms with Crippen molar-refractivity contribution >= 4 is 5.96 Å². The van der Waals surface area contributed by atoms with E-state index in [1.807, 2.05) is 6.92 Å². The Morgan fingerprint density at radius 3 is 2.95 bits per heavy atom. The first-order chi connectivity index (χ1) is 9.63. The molecule has 2 rings (SSSR count). The smallest absolute Gasteiger partial charge is 0.188 e. The van der Waals surface area contributed by atoms with Crippen molar-refractivity contribution in [1.82, 2.24) is 5.32 Å². The summed E-state index contributed by atoms with van der Waals surface area (Å²) in [6.45, 7) is 5.01. The number of methoxy groups -OCH3 is 1. The number of aliphatic imine (C=N–C) groups is 1. The standard InChI is InChI=1S/C13H25N3O4/c1-10(8-17-2)16-12(14)15-7-11-9-19-13(20-11)3-5-18-6-4-13/h10-11H,3-9H2,1-2H3,(H3,14,15,16). The summed E-state index contributed by atoms with van der Waals surface area (Å²) in [5, 5.41) is 3.06. The van der Waals surface area contributed by atoms with E-state index in [0.29, 0.717) is 38.9 Å². The molecule has 0 aromatic rings. The second-order valence-electron chi connectivity index (χ2n) is 5.30. The largest absolute Gasteiger partial charge is 0.383 e. The van der Waals surface area contributed by atoms with Crippen molar-refractivity contribution in [3.05, 3.63) is 0 Å². The second kappa shape index (κ2) is 7.21. The van der Waals surface area contributed by atoms with Crippen molar-refractivity contribution in [2.24, 2.45) is 10.7 Å². The molecule has 2 fully saturated rings. The van der Waals surface area contributed by atoms with Crippen LogP contribution in [0, 0.1) is 0 Å². The zero-order valence-electron chi connectivity index (χ0n) is 12.3. The maximum absolute atomic E-state index is 5.98. The number of rotatable bonds is 5. The van der Waals surface area contributed by atoms with Crippen LogP contribution in [0.1, 0.15) is 19.8 Å². The van der Waals surface area contributed by atoms with Crippen LogP contribution in [0.3, 0.4) is 0 Å². The molecule has 3 N–H and O–H groups in total. The van der Waals surface area contributed by atoms with E-state index in [-0.39, 0.29) is 12.1 Å². The molecule has 20 heavy (non-hydrogen) atoms. The summed E-state index contributed by atoms with van der Waals surface area (Å²) in [4.78, 5) is 4.30. The van der Waals surface area contributed by atoms with E-state index < -0.39 is 5.79 Å². The number of ether oxygens (including phenoxy) is 4. The Balaban J connectivity index is 1.74. The normalized spacial score (nSPS) is 27.7. The molecule has 116 valence electrons. The van der Waals surface area contributed by atoms with Crippen molar-refractivity contribution in [2.75, 3.05) is 40.1 Å². The number of nitrogens with two attached hydrogens (primary N) is 1. The fourth-order valence-electron chi connectivity index (χ4n) is 2.44. The molecule has 0 radical (unpaired) electrons. The zero-order valence-corrected chi connectivity index (χ0v) is 12.3. The predicted molar refractivity (Wildman–Crippen MR) is 74.6 cm³/mol. The quantitative estimate of drug-likeness (QED) is 0.540. The molecule has 0 aliphatic carbocycles.